The van der Waals surface area contributed by atoms with Crippen LogP contribution in [-0.4, -0.2) is 111 Å². The van der Waals surface area contributed by atoms with Crippen LogP contribution in [0.1, 0.15) is 50.5 Å². The van der Waals surface area contributed by atoms with E-state index < -0.39 is 23.3 Å². The summed E-state index contributed by atoms with van der Waals surface area (Å²) in [5.41, 5.74) is 0.0848. The van der Waals surface area contributed by atoms with Gasteiger partial charge in [0.2, 0.25) is 0 Å². The molecule has 4 saturated heterocycles. The molecule has 0 amide bonds. The van der Waals surface area contributed by atoms with Crippen LogP contribution in [0, 0.1) is 29.9 Å². The van der Waals surface area contributed by atoms with E-state index in [2.05, 4.69) is 20.6 Å². The van der Waals surface area contributed by atoms with Crippen molar-refractivity contribution >= 4 is 38.4 Å². The number of halogens is 3. The van der Waals surface area contributed by atoms with Gasteiger partial charge in [0, 0.05) is 80.9 Å². The van der Waals surface area contributed by atoms with E-state index in [0.29, 0.717) is 52.4 Å². The molecule has 5 aliphatic rings. The van der Waals surface area contributed by atoms with Crippen LogP contribution in [0.2, 0.25) is 0 Å². The molecule has 2 bridgehead atoms. The number of hydrogen-bond acceptors (Lipinski definition) is 9. The van der Waals surface area contributed by atoms with Gasteiger partial charge in [-0.05, 0) is 80.1 Å². The van der Waals surface area contributed by atoms with Gasteiger partial charge in [0.25, 0.3) is 0 Å². The molecule has 0 radical (unpaired) electrons. The van der Waals surface area contributed by atoms with Crippen molar-refractivity contribution in [3.63, 3.8) is 0 Å². The molecule has 1 saturated carbocycles. The van der Waals surface area contributed by atoms with Crippen molar-refractivity contribution in [1.29, 1.82) is 0 Å². The van der Waals surface area contributed by atoms with Gasteiger partial charge in [-0.25, -0.2) is 13.2 Å². The number of phenols is 1. The second kappa shape index (κ2) is 13.0. The summed E-state index contributed by atoms with van der Waals surface area (Å²) in [7, 11) is 3.53. The zero-order chi connectivity index (χ0) is 37.7. The Morgan fingerprint density at radius 3 is 2.60 bits per heavy atom. The summed E-state index contributed by atoms with van der Waals surface area (Å²) in [4.78, 5) is 17.1. The van der Waals surface area contributed by atoms with Crippen molar-refractivity contribution < 1.29 is 27.8 Å². The first-order chi connectivity index (χ1) is 26.7. The number of aromatic hydroxyl groups is 1. The maximum atomic E-state index is 17.9. The number of terminal acetylenes is 1. The number of nitrogens with zero attached hydrogens (tertiary/aromatic N) is 7. The predicted octanol–water partition coefficient (Wildman–Crippen LogP) is 6.34. The van der Waals surface area contributed by atoms with Crippen molar-refractivity contribution in [3.05, 3.63) is 47.7 Å². The molecule has 55 heavy (non-hydrogen) atoms. The average molecular weight is 752 g/mol. The van der Waals surface area contributed by atoms with Crippen molar-refractivity contribution in [2.45, 2.75) is 74.8 Å². The Hall–Kier alpha value is -4.64. The van der Waals surface area contributed by atoms with Crippen molar-refractivity contribution in [1.82, 2.24) is 29.5 Å². The Balaban J connectivity index is 1.17. The first-order valence-corrected chi connectivity index (χ1v) is 19.5. The van der Waals surface area contributed by atoms with E-state index in [4.69, 9.17) is 31.0 Å². The molecule has 6 heterocycles. The highest BCUT2D eigenvalue weighted by Crippen LogP contribution is 2.48. The zero-order valence-electron chi connectivity index (χ0n) is 31.1. The van der Waals surface area contributed by atoms with Gasteiger partial charge >= 0.3 is 6.01 Å². The van der Waals surface area contributed by atoms with E-state index in [0.717, 1.165) is 64.8 Å². The second-order valence-electron chi connectivity index (χ2n) is 16.4. The van der Waals surface area contributed by atoms with Crippen molar-refractivity contribution in [2.24, 2.45) is 13.0 Å². The van der Waals surface area contributed by atoms with Gasteiger partial charge in [0.1, 0.15) is 41.2 Å². The molecule has 5 fully saturated rings. The van der Waals surface area contributed by atoms with E-state index in [1.807, 2.05) is 6.20 Å². The highest BCUT2D eigenvalue weighted by molar-refractivity contribution is 6.18. The molecule has 3 aromatic carbocycles. The number of piperazine rings is 1. The minimum atomic E-state index is -0.934. The smallest absolute Gasteiger partial charge is 0.319 e. The van der Waals surface area contributed by atoms with Crippen LogP contribution in [0.5, 0.6) is 11.8 Å². The number of aryl methyl sites for hydroxylation is 1. The summed E-state index contributed by atoms with van der Waals surface area (Å²) in [6, 6.07) is 6.40. The molecule has 4 aliphatic heterocycles. The van der Waals surface area contributed by atoms with Crippen LogP contribution in [0.4, 0.5) is 19.0 Å². The first-order valence-electron chi connectivity index (χ1n) is 19.5. The molecule has 1 aliphatic carbocycles. The summed E-state index contributed by atoms with van der Waals surface area (Å²) in [5, 5.41) is 17.6. The van der Waals surface area contributed by atoms with Crippen LogP contribution in [-0.2, 0) is 11.8 Å². The largest absolute Gasteiger partial charge is 0.508 e. The fourth-order valence-corrected chi connectivity index (χ4v) is 10.8. The lowest BCUT2D eigenvalue weighted by Gasteiger charge is -2.50. The Bertz CT molecular complexity index is 2400. The highest BCUT2D eigenvalue weighted by Gasteiger charge is 2.50. The van der Waals surface area contributed by atoms with Gasteiger partial charge in [-0.2, -0.15) is 15.1 Å². The Morgan fingerprint density at radius 1 is 1.04 bits per heavy atom. The molecular weight excluding hydrogens is 708 g/mol. The SMILES string of the molecule is C#Cc1c(F)ccc2cc(O)cc(-c3c(F)c4nc(OCC56CCCN5C[C@H](F)C6)nc(N5C6CCC5CN(C5CC[C@@H]5COC)C6)c4c4cn(C)nc34)c12. The van der Waals surface area contributed by atoms with Gasteiger partial charge in [0.15, 0.2) is 5.82 Å². The van der Waals surface area contributed by atoms with E-state index in [9.17, 15) is 9.50 Å². The number of phenolic OH excluding ortho intramolecular Hbond substituents is 1. The van der Waals surface area contributed by atoms with Gasteiger partial charge in [0.05, 0.1) is 23.1 Å². The number of rotatable bonds is 8. The van der Waals surface area contributed by atoms with Gasteiger partial charge in [-0.1, -0.05) is 12.0 Å². The number of fused-ring (bicyclic) bond motifs is 7. The lowest BCUT2D eigenvalue weighted by atomic mass is 9.78. The molecule has 6 atom stereocenters. The standard InChI is InChI=1S/C42H44F3N7O3/c1-4-29-32(44)10-6-23-14-28(53)15-30(34(23)29)35-37(45)39-36(31-20-49(2)48-38(31)35)40(47-41(46-39)55-22-42-12-5-13-51(42)17-25(43)16-42)52-26-8-9-27(52)19-50(18-26)33-11-7-24(33)21-54-3/h1,6,10,14-15,20,24-27,33,53H,5,7-9,11-13,16-19,21-22H2,2-3H3/t24-,25-,26?,27?,33?,42?/m1/s1. The highest BCUT2D eigenvalue weighted by atomic mass is 19.1. The quantitative estimate of drug-likeness (QED) is 0.183. The van der Waals surface area contributed by atoms with Gasteiger partial charge in [-0.15, -0.1) is 6.42 Å². The summed E-state index contributed by atoms with van der Waals surface area (Å²) in [6.45, 7) is 3.83. The van der Waals surface area contributed by atoms with E-state index >= 15 is 8.78 Å². The summed E-state index contributed by atoms with van der Waals surface area (Å²) in [6.07, 6.45) is 13.1. The molecule has 1 N–H and O–H groups in total. The van der Waals surface area contributed by atoms with Crippen LogP contribution in [0.15, 0.2) is 30.5 Å². The first kappa shape index (κ1) is 34.8. The Morgan fingerprint density at radius 2 is 1.85 bits per heavy atom. The molecule has 286 valence electrons. The molecule has 10 rings (SSSR count). The third-order valence-corrected chi connectivity index (χ3v) is 13.3. The molecule has 10 nitrogen and oxygen atoms in total. The lowest BCUT2D eigenvalue weighted by Crippen LogP contribution is -2.60. The van der Waals surface area contributed by atoms with Crippen molar-refractivity contribution in [2.75, 3.05) is 51.4 Å². The third kappa shape index (κ3) is 5.39. The fourth-order valence-electron chi connectivity index (χ4n) is 10.8. The average Bonchev–Trinajstić information content (AvgIpc) is 3.88. The van der Waals surface area contributed by atoms with Crippen LogP contribution >= 0.6 is 0 Å². The topological polar surface area (TPSA) is 92.0 Å². The zero-order valence-corrected chi connectivity index (χ0v) is 31.1. The monoisotopic (exact) mass is 751 g/mol. The molecule has 13 heteroatoms. The molecule has 2 aromatic heterocycles. The van der Waals surface area contributed by atoms with Gasteiger partial charge in [-0.3, -0.25) is 14.5 Å². The normalized spacial score (nSPS) is 28.0. The predicted molar refractivity (Wildman–Crippen MR) is 204 cm³/mol. The van der Waals surface area contributed by atoms with E-state index in [1.165, 1.54) is 24.3 Å². The molecular formula is C42H44F3N7O3. The maximum Gasteiger partial charge on any atom is 0.319 e. The van der Waals surface area contributed by atoms with Gasteiger partial charge < -0.3 is 19.5 Å². The van der Waals surface area contributed by atoms with Crippen LogP contribution in [0.3, 0.4) is 0 Å². The summed E-state index contributed by atoms with van der Waals surface area (Å²) in [5.74, 6) is 2.08. The number of ether oxygens (including phenoxy) is 2. The fraction of sp³-hybridized carbons (Fsp3) is 0.500. The molecule has 4 unspecified atom stereocenters. The number of benzene rings is 3. The minimum Gasteiger partial charge on any atom is -0.508 e. The minimum absolute atomic E-state index is 0.0243. The van der Waals surface area contributed by atoms with Crippen LogP contribution in [0.25, 0.3) is 43.7 Å². The number of aromatic nitrogens is 4. The van der Waals surface area contributed by atoms with E-state index in [1.54, 1.807) is 18.8 Å². The molecule has 0 spiro atoms. The molecule has 5 aromatic rings. The summed E-state index contributed by atoms with van der Waals surface area (Å²) >= 11 is 0. The van der Waals surface area contributed by atoms with Crippen LogP contribution < -0.4 is 9.64 Å². The summed E-state index contributed by atoms with van der Waals surface area (Å²) < 4.78 is 61.5. The number of hydrogen-bond donors (Lipinski definition) is 1. The van der Waals surface area contributed by atoms with Crippen molar-refractivity contribution in [3.8, 4) is 35.2 Å². The Kier molecular flexibility index (Phi) is 8.21. The Labute approximate surface area is 317 Å². The number of likely N-dealkylation sites (tertiary alicyclic amines) is 1. The number of alkyl halides is 1. The maximum absolute atomic E-state index is 17.9. The second-order valence-corrected chi connectivity index (χ2v) is 16.4. The lowest BCUT2D eigenvalue weighted by molar-refractivity contribution is 0.00130. The van der Waals surface area contributed by atoms with E-state index in [-0.39, 0.29) is 58.0 Å². The number of methoxy groups -OCH3 is 1. The number of anilines is 1. The third-order valence-electron chi connectivity index (χ3n) is 13.3.